The number of alkyl halides is 6. The predicted octanol–water partition coefficient (Wildman–Crippen LogP) is 3.64. The maximum Gasteiger partial charge on any atom is 0.517 e. The molecule has 220 valence electrons. The summed E-state index contributed by atoms with van der Waals surface area (Å²) in [4.78, 5) is 15.4. The molecule has 2 aromatic heterocycles. The van der Waals surface area contributed by atoms with Crippen LogP contribution in [0.3, 0.4) is 0 Å². The Morgan fingerprint density at radius 1 is 1.07 bits per heavy atom. The smallest absolute Gasteiger partial charge is 0.493 e. The van der Waals surface area contributed by atoms with Gasteiger partial charge in [-0.25, -0.2) is 8.96 Å². The van der Waals surface area contributed by atoms with Gasteiger partial charge in [0.15, 0.2) is 0 Å². The van der Waals surface area contributed by atoms with Gasteiger partial charge in [0.2, 0.25) is 5.88 Å². The molecule has 42 heavy (non-hydrogen) atoms. The van der Waals surface area contributed by atoms with Crippen molar-refractivity contribution in [1.29, 1.82) is 0 Å². The topological polar surface area (TPSA) is 119 Å². The lowest BCUT2D eigenvalue weighted by molar-refractivity contribution is -0.138. The molecule has 1 N–H and O–H groups in total. The first-order valence-corrected chi connectivity index (χ1v) is 14.1. The summed E-state index contributed by atoms with van der Waals surface area (Å²) in [6, 6.07) is 7.67. The lowest BCUT2D eigenvalue weighted by atomic mass is 9.96. The summed E-state index contributed by atoms with van der Waals surface area (Å²) in [6.07, 6.45) is -2.59. The Morgan fingerprint density at radius 3 is 2.50 bits per heavy atom. The van der Waals surface area contributed by atoms with Crippen LogP contribution >= 0.6 is 22.9 Å². The average molecular weight is 650 g/mol. The molecule has 0 unspecified atom stereocenters. The summed E-state index contributed by atoms with van der Waals surface area (Å²) in [7, 11) is -5.91. The van der Waals surface area contributed by atoms with Gasteiger partial charge in [0, 0.05) is 29.4 Å². The number of hydrogen-bond acceptors (Lipinski definition) is 8. The van der Waals surface area contributed by atoms with Crippen molar-refractivity contribution in [2.45, 2.75) is 24.7 Å². The van der Waals surface area contributed by atoms with Crippen LogP contribution in [-0.2, 0) is 29.2 Å². The number of aromatic hydroxyl groups is 1. The van der Waals surface area contributed by atoms with Gasteiger partial charge in [0.25, 0.3) is 0 Å². The second-order valence-electron chi connectivity index (χ2n) is 8.77. The van der Waals surface area contributed by atoms with Crippen LogP contribution in [0.15, 0.2) is 63.8 Å². The standard InChI is InChI=1S/C24H14ClF6N5O4S2/c25-15-3-1-13(17(9-15)23(26,27)28)8-16(12-2-4-18-14(7-12)10-33-34-18)20-21(37)35(22(38)41-20)11-19-32-5-6-36(19)42(39,40)24(29,30)31/h1-7,9-10,37H,8,11H2. The Labute approximate surface area is 240 Å². The third-order valence-corrected chi connectivity index (χ3v) is 8.85. The molecular weight excluding hydrogens is 636 g/mol. The monoisotopic (exact) mass is 649 g/mol. The highest BCUT2D eigenvalue weighted by Crippen LogP contribution is 2.37. The van der Waals surface area contributed by atoms with Crippen LogP contribution in [0.4, 0.5) is 26.3 Å². The fourth-order valence-electron chi connectivity index (χ4n) is 4.20. The van der Waals surface area contributed by atoms with Crippen molar-refractivity contribution in [3.8, 4) is 5.88 Å². The number of nitrogens with zero attached hydrogens (tertiary/aromatic N) is 5. The zero-order valence-electron chi connectivity index (χ0n) is 20.5. The van der Waals surface area contributed by atoms with Gasteiger partial charge in [0.05, 0.1) is 28.6 Å². The molecule has 4 aromatic rings. The Kier molecular flexibility index (Phi) is 7.31. The molecule has 0 atom stereocenters. The van der Waals surface area contributed by atoms with Crippen molar-refractivity contribution in [2.24, 2.45) is 10.2 Å². The van der Waals surface area contributed by atoms with Crippen molar-refractivity contribution in [3.63, 3.8) is 0 Å². The Morgan fingerprint density at radius 2 is 1.81 bits per heavy atom. The highest BCUT2D eigenvalue weighted by molar-refractivity contribution is 7.90. The minimum Gasteiger partial charge on any atom is -0.493 e. The molecule has 0 saturated carbocycles. The highest BCUT2D eigenvalue weighted by Gasteiger charge is 2.48. The van der Waals surface area contributed by atoms with Gasteiger partial charge in [0.1, 0.15) is 5.82 Å². The molecule has 3 heterocycles. The van der Waals surface area contributed by atoms with Crippen LogP contribution in [0.25, 0.3) is 5.57 Å². The van der Waals surface area contributed by atoms with Gasteiger partial charge in [-0.15, -0.1) is 0 Å². The molecule has 0 bridgehead atoms. The predicted molar refractivity (Wildman–Crippen MR) is 139 cm³/mol. The molecule has 0 saturated heterocycles. The molecule has 2 aromatic carbocycles. The van der Waals surface area contributed by atoms with E-state index in [1.54, 1.807) is 0 Å². The van der Waals surface area contributed by atoms with Gasteiger partial charge < -0.3 is 5.11 Å². The van der Waals surface area contributed by atoms with E-state index in [9.17, 15) is 44.7 Å². The third-order valence-electron chi connectivity index (χ3n) is 6.16. The van der Waals surface area contributed by atoms with Crippen molar-refractivity contribution < 1.29 is 39.9 Å². The van der Waals surface area contributed by atoms with Crippen LogP contribution in [0, 0.1) is 0 Å². The number of benzene rings is 2. The fourth-order valence-corrected chi connectivity index (χ4v) is 6.14. The minimum absolute atomic E-state index is 0.0514. The summed E-state index contributed by atoms with van der Waals surface area (Å²) in [5.41, 5.74) is -6.44. The number of thiazole rings is 1. The van der Waals surface area contributed by atoms with E-state index in [1.807, 2.05) is 0 Å². The fraction of sp³-hybridized carbons (Fsp3) is 0.167. The molecule has 0 radical (unpaired) electrons. The summed E-state index contributed by atoms with van der Waals surface area (Å²) in [6.45, 7) is -0.902. The van der Waals surface area contributed by atoms with Gasteiger partial charge in [-0.2, -0.15) is 45.0 Å². The summed E-state index contributed by atoms with van der Waals surface area (Å²) in [5, 5.41) is 19.3. The van der Waals surface area contributed by atoms with Crippen LogP contribution in [0.1, 0.15) is 27.4 Å². The Balaban J connectivity index is 1.68. The SMILES string of the molecule is O=c1sc(C(Cc2ccc(Cl)cc2C(F)(F)F)=c2ccc3c(c2)C=NN=3)c(O)n1Cc1nccn1S(=O)(=O)C(F)(F)F. The molecule has 0 fully saturated rings. The summed E-state index contributed by atoms with van der Waals surface area (Å²) >= 11 is 6.21. The van der Waals surface area contributed by atoms with E-state index in [2.05, 4.69) is 15.2 Å². The minimum atomic E-state index is -5.91. The Bertz CT molecular complexity index is 2050. The molecule has 0 amide bonds. The van der Waals surface area contributed by atoms with E-state index in [4.69, 9.17) is 11.6 Å². The van der Waals surface area contributed by atoms with Gasteiger partial charge in [-0.1, -0.05) is 35.1 Å². The van der Waals surface area contributed by atoms with Crippen LogP contribution in [0.5, 0.6) is 5.88 Å². The largest absolute Gasteiger partial charge is 0.517 e. The number of halogens is 7. The molecule has 5 rings (SSSR count). The number of hydrogen-bond donors (Lipinski definition) is 1. The second-order valence-corrected chi connectivity index (χ2v) is 12.0. The van der Waals surface area contributed by atoms with Crippen molar-refractivity contribution in [3.05, 3.63) is 101 Å². The highest BCUT2D eigenvalue weighted by atomic mass is 35.5. The van der Waals surface area contributed by atoms with E-state index in [0.717, 1.165) is 18.3 Å². The quantitative estimate of drug-likeness (QED) is 0.320. The lowest BCUT2D eigenvalue weighted by Crippen LogP contribution is -2.31. The van der Waals surface area contributed by atoms with Gasteiger partial charge >= 0.3 is 26.6 Å². The molecule has 9 nitrogen and oxygen atoms in total. The molecular formula is C24H14ClF6N5O4S2. The molecule has 1 aliphatic rings. The average Bonchev–Trinajstić information content (AvgIpc) is 3.63. The van der Waals surface area contributed by atoms with Crippen LogP contribution < -0.4 is 15.4 Å². The van der Waals surface area contributed by atoms with Crippen LogP contribution in [0.2, 0.25) is 5.02 Å². The van der Waals surface area contributed by atoms with Gasteiger partial charge in [-0.3, -0.25) is 9.36 Å². The first-order chi connectivity index (χ1) is 19.6. The zero-order valence-corrected chi connectivity index (χ0v) is 22.9. The van der Waals surface area contributed by atoms with E-state index >= 15 is 0 Å². The Hall–Kier alpha value is -3.96. The van der Waals surface area contributed by atoms with E-state index < -0.39 is 56.8 Å². The number of imidazole rings is 1. The van der Waals surface area contributed by atoms with E-state index in [1.165, 1.54) is 30.5 Å². The maximum atomic E-state index is 13.9. The normalized spacial score (nSPS) is 14.2. The lowest BCUT2D eigenvalue weighted by Gasteiger charge is -2.15. The third kappa shape index (κ3) is 5.34. The molecule has 0 spiro atoms. The molecule has 0 aliphatic carbocycles. The van der Waals surface area contributed by atoms with E-state index in [0.29, 0.717) is 33.0 Å². The van der Waals surface area contributed by atoms with E-state index in [-0.39, 0.29) is 30.2 Å². The summed E-state index contributed by atoms with van der Waals surface area (Å²) < 4.78 is 105. The van der Waals surface area contributed by atoms with Crippen LogP contribution in [-0.4, -0.2) is 38.8 Å². The van der Waals surface area contributed by atoms with Crippen molar-refractivity contribution in [1.82, 2.24) is 13.5 Å². The first kappa shape index (κ1) is 29.5. The first-order valence-electron chi connectivity index (χ1n) is 11.4. The summed E-state index contributed by atoms with van der Waals surface area (Å²) in [5.74, 6) is -1.57. The maximum absolute atomic E-state index is 13.9. The molecule has 1 aliphatic heterocycles. The zero-order chi connectivity index (χ0) is 30.6. The molecule has 18 heteroatoms. The number of fused-ring (bicyclic) bond motifs is 1. The van der Waals surface area contributed by atoms with Gasteiger partial charge in [-0.05, 0) is 40.6 Å². The number of aromatic nitrogens is 3. The second kappa shape index (κ2) is 10.4. The van der Waals surface area contributed by atoms with Crippen molar-refractivity contribution >= 4 is 44.7 Å². The number of rotatable bonds is 6. The van der Waals surface area contributed by atoms with Crippen molar-refractivity contribution in [2.75, 3.05) is 0 Å².